The lowest BCUT2D eigenvalue weighted by Gasteiger charge is -2.29. The summed E-state index contributed by atoms with van der Waals surface area (Å²) in [6, 6.07) is 19.2. The maximum absolute atomic E-state index is 14.4. The molecule has 0 aromatic heterocycles. The molecular weight excluding hydrogens is 351 g/mol. The van der Waals surface area contributed by atoms with Crippen LogP contribution in [0.25, 0.3) is 10.8 Å². The molecule has 0 aliphatic carbocycles. The molecule has 1 aliphatic heterocycles. The van der Waals surface area contributed by atoms with Crippen molar-refractivity contribution in [1.82, 2.24) is 4.90 Å². The summed E-state index contributed by atoms with van der Waals surface area (Å²) in [5.41, 5.74) is 2.98. The van der Waals surface area contributed by atoms with Gasteiger partial charge in [-0.2, -0.15) is 0 Å². The summed E-state index contributed by atoms with van der Waals surface area (Å²) < 4.78 is 14.4. The van der Waals surface area contributed by atoms with Crippen molar-refractivity contribution in [2.24, 2.45) is 4.99 Å². The van der Waals surface area contributed by atoms with E-state index in [1.165, 1.54) is 22.4 Å². The number of amidine groups is 1. The first-order chi connectivity index (χ1) is 11.6. The second kappa shape index (κ2) is 7.85. The smallest absolute Gasteiger partial charge is 0.128 e. The van der Waals surface area contributed by atoms with Crippen LogP contribution in [-0.2, 0) is 6.42 Å². The van der Waals surface area contributed by atoms with Crippen LogP contribution in [0.15, 0.2) is 65.7 Å². The Morgan fingerprint density at radius 2 is 1.62 bits per heavy atom. The fourth-order valence-corrected chi connectivity index (χ4v) is 3.44. The lowest BCUT2D eigenvalue weighted by molar-refractivity contribution is 0.575. The van der Waals surface area contributed by atoms with Crippen molar-refractivity contribution in [3.63, 3.8) is 0 Å². The monoisotopic (exact) mass is 372 g/mol. The Morgan fingerprint density at radius 1 is 0.923 bits per heavy atom. The summed E-state index contributed by atoms with van der Waals surface area (Å²) >= 11 is 0. The van der Waals surface area contributed by atoms with E-state index in [-0.39, 0.29) is 29.7 Å². The minimum absolute atomic E-state index is 0. The molecule has 0 saturated carbocycles. The molecule has 0 spiro atoms. The van der Waals surface area contributed by atoms with E-state index < -0.39 is 0 Å². The van der Waals surface area contributed by atoms with Crippen LogP contribution >= 0.6 is 12.4 Å². The van der Waals surface area contributed by atoms with Crippen molar-refractivity contribution in [2.75, 3.05) is 14.1 Å². The van der Waals surface area contributed by atoms with Crippen LogP contribution in [0.2, 0.25) is 0 Å². The van der Waals surface area contributed by atoms with E-state index in [1.54, 1.807) is 6.07 Å². The van der Waals surface area contributed by atoms with Gasteiger partial charge in [0.2, 0.25) is 0 Å². The molecule has 0 radical (unpaired) electrons. The van der Waals surface area contributed by atoms with Crippen molar-refractivity contribution in [3.05, 3.63) is 83.2 Å². The fourth-order valence-electron chi connectivity index (χ4n) is 3.44. The van der Waals surface area contributed by atoms with Crippen LogP contribution in [-0.4, -0.2) is 30.3 Å². The third-order valence-electron chi connectivity index (χ3n) is 4.70. The van der Waals surface area contributed by atoms with E-state index in [9.17, 15) is 4.39 Å². The Bertz CT molecular complexity index is 956. The first-order valence-electron chi connectivity index (χ1n) is 8.14. The molecule has 1 unspecified atom stereocenters. The summed E-state index contributed by atoms with van der Waals surface area (Å²) in [7, 11) is 3.99. The van der Waals surface area contributed by atoms with Crippen molar-refractivity contribution in [1.29, 1.82) is 0 Å². The molecule has 136 valence electrons. The van der Waals surface area contributed by atoms with Gasteiger partial charge in [0, 0.05) is 26.1 Å². The molecule has 1 aliphatic rings. The van der Waals surface area contributed by atoms with Crippen LogP contribution in [0.4, 0.5) is 4.39 Å². The van der Waals surface area contributed by atoms with Gasteiger partial charge >= 0.3 is 0 Å². The summed E-state index contributed by atoms with van der Waals surface area (Å²) in [6.07, 6.45) is 0.772. The average molecular weight is 373 g/mol. The number of nitrogens with zero attached hydrogens (tertiary/aromatic N) is 2. The van der Waals surface area contributed by atoms with Gasteiger partial charge < -0.3 is 10.4 Å². The van der Waals surface area contributed by atoms with Crippen molar-refractivity contribution in [3.8, 4) is 0 Å². The van der Waals surface area contributed by atoms with Gasteiger partial charge in [0.05, 0.1) is 0 Å². The molecule has 5 heteroatoms. The van der Waals surface area contributed by atoms with Crippen molar-refractivity contribution >= 4 is 29.0 Å². The molecular formula is C21H22ClFN2O. The van der Waals surface area contributed by atoms with Gasteiger partial charge in [0.15, 0.2) is 0 Å². The van der Waals surface area contributed by atoms with Crippen LogP contribution < -0.4 is 0 Å². The molecule has 3 aromatic carbocycles. The van der Waals surface area contributed by atoms with E-state index >= 15 is 0 Å². The number of likely N-dealkylation sites (N-methyl/N-ethyl adjacent to an activating group) is 1. The highest BCUT2D eigenvalue weighted by atomic mass is 35.5. The molecule has 1 atom stereocenters. The van der Waals surface area contributed by atoms with Crippen molar-refractivity contribution < 1.29 is 9.87 Å². The summed E-state index contributed by atoms with van der Waals surface area (Å²) in [5, 5.41) is 2.44. The predicted octanol–water partition coefficient (Wildman–Crippen LogP) is 4.18. The van der Waals surface area contributed by atoms with Gasteiger partial charge in [-0.3, -0.25) is 4.99 Å². The molecule has 0 fully saturated rings. The second-order valence-electron chi connectivity index (χ2n) is 6.40. The molecule has 3 aromatic rings. The van der Waals surface area contributed by atoms with Gasteiger partial charge in [-0.05, 0) is 28.0 Å². The van der Waals surface area contributed by atoms with E-state index in [0.29, 0.717) is 5.56 Å². The van der Waals surface area contributed by atoms with E-state index in [1.807, 2.05) is 37.2 Å². The number of hydrogen-bond acceptors (Lipinski definition) is 2. The zero-order valence-electron chi connectivity index (χ0n) is 14.7. The number of halogens is 2. The van der Waals surface area contributed by atoms with E-state index in [4.69, 9.17) is 4.99 Å². The number of aliphatic imine (C=N–C) groups is 1. The second-order valence-corrected chi connectivity index (χ2v) is 6.40. The summed E-state index contributed by atoms with van der Waals surface area (Å²) in [6.45, 7) is 0. The number of fused-ring (bicyclic) bond motifs is 3. The van der Waals surface area contributed by atoms with Crippen LogP contribution in [0, 0.1) is 5.82 Å². The SMILES string of the molecule is CN(C)C1=NC(c2ccccc2F)c2ccc3ccccc3c2C1.Cl.O. The first-order valence-corrected chi connectivity index (χ1v) is 8.14. The summed E-state index contributed by atoms with van der Waals surface area (Å²) in [5.74, 6) is 0.775. The number of hydrogen-bond donors (Lipinski definition) is 0. The Labute approximate surface area is 158 Å². The maximum atomic E-state index is 14.4. The van der Waals surface area contributed by atoms with E-state index in [0.717, 1.165) is 17.8 Å². The zero-order chi connectivity index (χ0) is 16.7. The maximum Gasteiger partial charge on any atom is 0.128 e. The van der Waals surface area contributed by atoms with Gasteiger partial charge in [-0.15, -0.1) is 12.4 Å². The quantitative estimate of drug-likeness (QED) is 0.632. The molecule has 0 amide bonds. The molecule has 2 N–H and O–H groups in total. The number of rotatable bonds is 1. The Kier molecular flexibility index (Phi) is 6.01. The molecule has 0 saturated heterocycles. The molecule has 1 heterocycles. The Balaban J connectivity index is 0.00000121. The Hall–Kier alpha value is -2.43. The third-order valence-corrected chi connectivity index (χ3v) is 4.70. The normalized spacial score (nSPS) is 15.3. The lowest BCUT2D eigenvalue weighted by atomic mass is 9.87. The molecule has 0 bridgehead atoms. The first kappa shape index (κ1) is 19.9. The highest BCUT2D eigenvalue weighted by Gasteiger charge is 2.27. The number of benzene rings is 3. The third kappa shape index (κ3) is 3.30. The minimum atomic E-state index is -0.294. The fraction of sp³-hybridized carbons (Fsp3) is 0.190. The molecule has 26 heavy (non-hydrogen) atoms. The zero-order valence-corrected chi connectivity index (χ0v) is 15.6. The van der Waals surface area contributed by atoms with Gasteiger partial charge in [0.1, 0.15) is 17.7 Å². The van der Waals surface area contributed by atoms with Crippen LogP contribution in [0.3, 0.4) is 0 Å². The average Bonchev–Trinajstić information content (AvgIpc) is 2.61. The largest absolute Gasteiger partial charge is 0.412 e. The molecule has 4 rings (SSSR count). The Morgan fingerprint density at radius 3 is 2.35 bits per heavy atom. The van der Waals surface area contributed by atoms with Crippen LogP contribution in [0.1, 0.15) is 22.7 Å². The highest BCUT2D eigenvalue weighted by molar-refractivity contribution is 5.95. The lowest BCUT2D eigenvalue weighted by Crippen LogP contribution is -2.29. The standard InChI is InChI=1S/C21H19FN2.ClH.H2O/c1-24(2)20-13-18-15-8-4-3-7-14(15)11-12-16(18)21(23-20)17-9-5-6-10-19(17)22;;/h3-12,21H,13H2,1-2H3;1H;1H2. The van der Waals surface area contributed by atoms with Crippen LogP contribution in [0.5, 0.6) is 0 Å². The predicted molar refractivity (Wildman–Crippen MR) is 108 cm³/mol. The van der Waals surface area contributed by atoms with E-state index in [2.05, 4.69) is 30.3 Å². The van der Waals surface area contributed by atoms with Gasteiger partial charge in [-0.1, -0.05) is 54.6 Å². The molecule has 3 nitrogen and oxygen atoms in total. The minimum Gasteiger partial charge on any atom is -0.412 e. The highest BCUT2D eigenvalue weighted by Crippen LogP contribution is 2.37. The van der Waals surface area contributed by atoms with Gasteiger partial charge in [-0.25, -0.2) is 4.39 Å². The summed E-state index contributed by atoms with van der Waals surface area (Å²) in [4.78, 5) is 6.89. The topological polar surface area (TPSA) is 47.1 Å². The van der Waals surface area contributed by atoms with Gasteiger partial charge in [0.25, 0.3) is 0 Å². The van der Waals surface area contributed by atoms with Crippen molar-refractivity contribution in [2.45, 2.75) is 12.5 Å².